The highest BCUT2D eigenvalue weighted by molar-refractivity contribution is 7.99. The minimum absolute atomic E-state index is 0.157. The van der Waals surface area contributed by atoms with Gasteiger partial charge in [0, 0.05) is 9.79 Å². The van der Waals surface area contributed by atoms with E-state index in [0.717, 1.165) is 38.6 Å². The summed E-state index contributed by atoms with van der Waals surface area (Å²) in [6.07, 6.45) is -4.39. The number of ether oxygens (including phenoxy) is 2. The van der Waals surface area contributed by atoms with Crippen molar-refractivity contribution in [3.8, 4) is 11.5 Å². The molecule has 4 nitrogen and oxygen atoms in total. The molecule has 0 aromatic heterocycles. The van der Waals surface area contributed by atoms with Crippen molar-refractivity contribution in [2.75, 3.05) is 6.61 Å². The number of alkyl halides is 3. The van der Waals surface area contributed by atoms with Crippen molar-refractivity contribution < 1.29 is 32.5 Å². The van der Waals surface area contributed by atoms with Crippen LogP contribution in [0.4, 0.5) is 13.2 Å². The number of hydrogen-bond donors (Lipinski definition) is 1. The van der Waals surface area contributed by atoms with Crippen molar-refractivity contribution in [1.29, 1.82) is 0 Å². The van der Waals surface area contributed by atoms with Crippen LogP contribution in [0.25, 0.3) is 0 Å². The molecule has 0 atom stereocenters. The SMILES string of the molecule is Cc1cc(Sc2ccc(COc3ccc(C(F)(F)F)cc3)cc2Cl)c(C)cc1OCC(=O)O. The lowest BCUT2D eigenvalue weighted by atomic mass is 10.1. The molecule has 0 heterocycles. The van der Waals surface area contributed by atoms with Gasteiger partial charge in [0.05, 0.1) is 10.6 Å². The summed E-state index contributed by atoms with van der Waals surface area (Å²) in [6.45, 7) is 3.48. The Morgan fingerprint density at radius 1 is 0.970 bits per heavy atom. The molecule has 0 aliphatic carbocycles. The van der Waals surface area contributed by atoms with E-state index in [-0.39, 0.29) is 6.61 Å². The first-order chi connectivity index (χ1) is 15.5. The topological polar surface area (TPSA) is 55.8 Å². The highest BCUT2D eigenvalue weighted by Gasteiger charge is 2.30. The fourth-order valence-electron chi connectivity index (χ4n) is 2.91. The first-order valence-corrected chi connectivity index (χ1v) is 10.9. The number of hydrogen-bond acceptors (Lipinski definition) is 4. The zero-order valence-electron chi connectivity index (χ0n) is 17.7. The molecule has 0 radical (unpaired) electrons. The minimum Gasteiger partial charge on any atom is -0.489 e. The lowest BCUT2D eigenvalue weighted by Gasteiger charge is -2.13. The van der Waals surface area contributed by atoms with Crippen LogP contribution in [0.3, 0.4) is 0 Å². The van der Waals surface area contributed by atoms with Crippen molar-refractivity contribution in [2.24, 2.45) is 0 Å². The van der Waals surface area contributed by atoms with E-state index in [0.29, 0.717) is 16.5 Å². The van der Waals surface area contributed by atoms with Gasteiger partial charge in [-0.1, -0.05) is 29.4 Å². The van der Waals surface area contributed by atoms with Gasteiger partial charge < -0.3 is 14.6 Å². The zero-order valence-corrected chi connectivity index (χ0v) is 19.3. The van der Waals surface area contributed by atoms with Crippen LogP contribution in [0.15, 0.2) is 64.4 Å². The molecule has 0 fully saturated rings. The molecule has 1 N–H and O–H groups in total. The molecule has 0 bridgehead atoms. The molecule has 3 rings (SSSR count). The minimum atomic E-state index is -4.39. The number of carbonyl (C=O) groups is 1. The molecular formula is C24H20ClF3O4S. The van der Waals surface area contributed by atoms with E-state index in [1.807, 2.05) is 32.0 Å². The zero-order chi connectivity index (χ0) is 24.2. The summed E-state index contributed by atoms with van der Waals surface area (Å²) in [4.78, 5) is 12.5. The lowest BCUT2D eigenvalue weighted by Crippen LogP contribution is -2.10. The third-order valence-electron chi connectivity index (χ3n) is 4.63. The Morgan fingerprint density at radius 2 is 1.67 bits per heavy atom. The van der Waals surface area contributed by atoms with Crippen LogP contribution in [0.5, 0.6) is 11.5 Å². The van der Waals surface area contributed by atoms with Gasteiger partial charge in [-0.05, 0) is 79.1 Å². The molecule has 3 aromatic carbocycles. The standard InChI is InChI=1S/C24H20ClF3O4S/c1-14-10-22(15(2)9-20(14)32-13-23(29)30)33-21-8-3-16(11-19(21)25)12-31-18-6-4-17(5-7-18)24(26,27)28/h3-11H,12-13H2,1-2H3,(H,29,30). The quantitative estimate of drug-likeness (QED) is 0.358. The lowest BCUT2D eigenvalue weighted by molar-refractivity contribution is -0.139. The van der Waals surface area contributed by atoms with Crippen molar-refractivity contribution >= 4 is 29.3 Å². The molecule has 0 saturated carbocycles. The highest BCUT2D eigenvalue weighted by Crippen LogP contribution is 2.38. The molecule has 174 valence electrons. The van der Waals surface area contributed by atoms with Crippen molar-refractivity contribution in [3.05, 3.63) is 81.9 Å². The van der Waals surface area contributed by atoms with Gasteiger partial charge in [0.1, 0.15) is 18.1 Å². The number of carboxylic acids is 1. The van der Waals surface area contributed by atoms with Crippen LogP contribution >= 0.6 is 23.4 Å². The Morgan fingerprint density at radius 3 is 2.27 bits per heavy atom. The average Bonchev–Trinajstić information content (AvgIpc) is 2.74. The summed E-state index contributed by atoms with van der Waals surface area (Å²) in [5.74, 6) is -0.199. The highest BCUT2D eigenvalue weighted by atomic mass is 35.5. The number of halogens is 4. The first-order valence-electron chi connectivity index (χ1n) is 9.75. The molecule has 33 heavy (non-hydrogen) atoms. The number of rotatable bonds is 8. The molecule has 3 aromatic rings. The molecule has 9 heteroatoms. The molecule has 0 spiro atoms. The Balaban J connectivity index is 1.66. The fraction of sp³-hybridized carbons (Fsp3) is 0.208. The predicted octanol–water partition coefficient (Wildman–Crippen LogP) is 7.17. The maximum Gasteiger partial charge on any atom is 0.416 e. The van der Waals surface area contributed by atoms with E-state index in [1.54, 1.807) is 12.1 Å². The molecule has 0 aliphatic heterocycles. The van der Waals surface area contributed by atoms with Crippen molar-refractivity contribution in [2.45, 2.75) is 36.4 Å². The Labute approximate surface area is 198 Å². The largest absolute Gasteiger partial charge is 0.489 e. The molecular weight excluding hydrogens is 477 g/mol. The average molecular weight is 497 g/mol. The normalized spacial score (nSPS) is 11.3. The third-order valence-corrected chi connectivity index (χ3v) is 6.29. The number of aryl methyl sites for hydroxylation is 2. The summed E-state index contributed by atoms with van der Waals surface area (Å²) in [5, 5.41) is 9.30. The van der Waals surface area contributed by atoms with Crippen LogP contribution in [0, 0.1) is 13.8 Å². The summed E-state index contributed by atoms with van der Waals surface area (Å²) in [5.41, 5.74) is 1.76. The molecule has 0 unspecified atom stereocenters. The van der Waals surface area contributed by atoms with E-state index in [9.17, 15) is 18.0 Å². The second-order valence-corrected chi connectivity index (χ2v) is 8.73. The second-order valence-electron chi connectivity index (χ2n) is 7.24. The van der Waals surface area contributed by atoms with Crippen LogP contribution in [0.2, 0.25) is 5.02 Å². The van der Waals surface area contributed by atoms with E-state index in [1.165, 1.54) is 23.9 Å². The van der Waals surface area contributed by atoms with E-state index < -0.39 is 24.3 Å². The summed E-state index contributed by atoms with van der Waals surface area (Å²) in [6, 6.07) is 13.7. The Hall–Kier alpha value is -2.84. The van der Waals surface area contributed by atoms with Crippen molar-refractivity contribution in [1.82, 2.24) is 0 Å². The van der Waals surface area contributed by atoms with Crippen molar-refractivity contribution in [3.63, 3.8) is 0 Å². The molecule has 0 aliphatic rings. The summed E-state index contributed by atoms with van der Waals surface area (Å²) < 4.78 is 48.8. The van der Waals surface area contributed by atoms with Crippen LogP contribution in [-0.2, 0) is 17.6 Å². The maximum absolute atomic E-state index is 12.7. The van der Waals surface area contributed by atoms with Gasteiger partial charge in [-0.25, -0.2) is 4.79 Å². The molecule has 0 amide bonds. The van der Waals surface area contributed by atoms with E-state index >= 15 is 0 Å². The number of carboxylic acid groups (broad SMARTS) is 1. The van der Waals surface area contributed by atoms with Gasteiger partial charge in [-0.2, -0.15) is 13.2 Å². The smallest absolute Gasteiger partial charge is 0.416 e. The van der Waals surface area contributed by atoms with Gasteiger partial charge in [0.25, 0.3) is 0 Å². The predicted molar refractivity (Wildman–Crippen MR) is 120 cm³/mol. The van der Waals surface area contributed by atoms with E-state index in [4.69, 9.17) is 26.2 Å². The fourth-order valence-corrected chi connectivity index (χ4v) is 4.21. The Bertz CT molecular complexity index is 1150. The summed E-state index contributed by atoms with van der Waals surface area (Å²) in [7, 11) is 0. The van der Waals surface area contributed by atoms with Crippen LogP contribution < -0.4 is 9.47 Å². The Kier molecular flexibility index (Phi) is 7.81. The van der Waals surface area contributed by atoms with Gasteiger partial charge >= 0.3 is 12.1 Å². The van der Waals surface area contributed by atoms with Crippen LogP contribution in [-0.4, -0.2) is 17.7 Å². The number of aliphatic carboxylic acids is 1. The van der Waals surface area contributed by atoms with Gasteiger partial charge in [0.2, 0.25) is 0 Å². The summed E-state index contributed by atoms with van der Waals surface area (Å²) >= 11 is 7.91. The van der Waals surface area contributed by atoms with Gasteiger partial charge in [0.15, 0.2) is 6.61 Å². The second kappa shape index (κ2) is 10.4. The van der Waals surface area contributed by atoms with Gasteiger partial charge in [-0.15, -0.1) is 0 Å². The van der Waals surface area contributed by atoms with Crippen LogP contribution in [0.1, 0.15) is 22.3 Å². The monoisotopic (exact) mass is 496 g/mol. The van der Waals surface area contributed by atoms with E-state index in [2.05, 4.69) is 0 Å². The molecule has 0 saturated heterocycles. The first kappa shape index (κ1) is 24.8. The maximum atomic E-state index is 12.7. The van der Waals surface area contributed by atoms with Gasteiger partial charge in [-0.3, -0.25) is 0 Å². The third kappa shape index (κ3) is 6.82. The number of benzene rings is 3.